The van der Waals surface area contributed by atoms with Crippen LogP contribution < -0.4 is 4.90 Å². The van der Waals surface area contributed by atoms with Crippen LogP contribution in [0.3, 0.4) is 0 Å². The van der Waals surface area contributed by atoms with Gasteiger partial charge in [0.05, 0.1) is 11.8 Å². The minimum Gasteiger partial charge on any atom is -0.480 e. The third kappa shape index (κ3) is 3.00. The van der Waals surface area contributed by atoms with Crippen LogP contribution in [0.5, 0.6) is 0 Å². The third-order valence-electron chi connectivity index (χ3n) is 2.73. The van der Waals surface area contributed by atoms with E-state index in [1.165, 1.54) is 12.3 Å². The lowest BCUT2D eigenvalue weighted by atomic mass is 10.2. The zero-order valence-corrected chi connectivity index (χ0v) is 11.4. The maximum absolute atomic E-state index is 12.4. The Kier molecular flexibility index (Phi) is 4.10. The van der Waals surface area contributed by atoms with Gasteiger partial charge in [-0.2, -0.15) is 0 Å². The predicted molar refractivity (Wildman–Crippen MR) is 74.2 cm³/mol. The summed E-state index contributed by atoms with van der Waals surface area (Å²) < 4.78 is 4.87. The average molecular weight is 294 g/mol. The minimum absolute atomic E-state index is 0.0579. The molecule has 1 heterocycles. The highest BCUT2D eigenvalue weighted by atomic mass is 35.5. The zero-order chi connectivity index (χ0) is 14.7. The molecule has 1 amide bonds. The summed E-state index contributed by atoms with van der Waals surface area (Å²) in [7, 11) is 0. The number of benzene rings is 1. The molecule has 2 rings (SSSR count). The van der Waals surface area contributed by atoms with Crippen molar-refractivity contribution in [3.05, 3.63) is 52.9 Å². The van der Waals surface area contributed by atoms with Crippen molar-refractivity contribution in [3.63, 3.8) is 0 Å². The molecule has 2 aromatic rings. The van der Waals surface area contributed by atoms with E-state index in [2.05, 4.69) is 0 Å². The molecule has 0 fully saturated rings. The number of hydrogen-bond donors (Lipinski definition) is 1. The predicted octanol–water partition coefficient (Wildman–Crippen LogP) is 2.97. The largest absolute Gasteiger partial charge is 0.480 e. The van der Waals surface area contributed by atoms with E-state index in [-0.39, 0.29) is 10.8 Å². The van der Waals surface area contributed by atoms with Gasteiger partial charge in [-0.15, -0.1) is 0 Å². The molecule has 0 saturated carbocycles. The molecule has 1 N–H and O–H groups in total. The molecular formula is C14H12ClNO4. The fourth-order valence-corrected chi connectivity index (χ4v) is 1.93. The standard InChI is InChI=1S/C14H12ClNO4/c1-9-2-4-10(5-3-9)16(8-12(17)18)14(19)11-6-7-20-13(11)15/h2-7H,8H2,1H3,(H,17,18). The molecule has 0 spiro atoms. The van der Waals surface area contributed by atoms with E-state index in [1.54, 1.807) is 24.3 Å². The highest BCUT2D eigenvalue weighted by molar-refractivity contribution is 6.33. The molecule has 20 heavy (non-hydrogen) atoms. The number of hydrogen-bond acceptors (Lipinski definition) is 3. The van der Waals surface area contributed by atoms with E-state index >= 15 is 0 Å². The quantitative estimate of drug-likeness (QED) is 0.941. The Morgan fingerprint density at radius 3 is 2.40 bits per heavy atom. The number of furan rings is 1. The Hall–Kier alpha value is -2.27. The summed E-state index contributed by atoms with van der Waals surface area (Å²) in [5, 5.41) is 8.91. The normalized spacial score (nSPS) is 10.3. The number of aliphatic carboxylic acids is 1. The Balaban J connectivity index is 2.37. The number of amides is 1. The fraction of sp³-hybridized carbons (Fsp3) is 0.143. The molecule has 0 aliphatic heterocycles. The SMILES string of the molecule is Cc1ccc(N(CC(=O)O)C(=O)c2ccoc2Cl)cc1. The molecule has 104 valence electrons. The number of carboxylic acids is 1. The Morgan fingerprint density at radius 1 is 1.25 bits per heavy atom. The average Bonchev–Trinajstić information content (AvgIpc) is 2.82. The zero-order valence-electron chi connectivity index (χ0n) is 10.7. The highest BCUT2D eigenvalue weighted by Crippen LogP contribution is 2.23. The molecule has 0 saturated heterocycles. The summed E-state index contributed by atoms with van der Waals surface area (Å²) in [5.41, 5.74) is 1.63. The van der Waals surface area contributed by atoms with Crippen LogP contribution in [0.15, 0.2) is 41.0 Å². The van der Waals surface area contributed by atoms with Gasteiger partial charge in [0, 0.05) is 5.69 Å². The van der Waals surface area contributed by atoms with Crippen LogP contribution in [-0.2, 0) is 4.79 Å². The van der Waals surface area contributed by atoms with Crippen molar-refractivity contribution in [1.29, 1.82) is 0 Å². The minimum atomic E-state index is -1.11. The van der Waals surface area contributed by atoms with Gasteiger partial charge in [0.15, 0.2) is 0 Å². The van der Waals surface area contributed by atoms with Crippen molar-refractivity contribution in [2.45, 2.75) is 6.92 Å². The lowest BCUT2D eigenvalue weighted by Crippen LogP contribution is -2.35. The van der Waals surface area contributed by atoms with Crippen LogP contribution in [0.1, 0.15) is 15.9 Å². The van der Waals surface area contributed by atoms with Crippen molar-refractivity contribution in [2.24, 2.45) is 0 Å². The van der Waals surface area contributed by atoms with Gasteiger partial charge in [-0.05, 0) is 36.7 Å². The molecule has 6 heteroatoms. The van der Waals surface area contributed by atoms with Gasteiger partial charge in [0.1, 0.15) is 6.54 Å². The molecule has 1 aromatic carbocycles. The maximum Gasteiger partial charge on any atom is 0.323 e. The first kappa shape index (κ1) is 14.1. The topological polar surface area (TPSA) is 70.8 Å². The van der Waals surface area contributed by atoms with Crippen LogP contribution in [0.2, 0.25) is 5.22 Å². The number of aryl methyl sites for hydroxylation is 1. The number of carboxylic acid groups (broad SMARTS) is 1. The van der Waals surface area contributed by atoms with Crippen molar-refractivity contribution in [2.75, 3.05) is 11.4 Å². The van der Waals surface area contributed by atoms with Crippen LogP contribution in [-0.4, -0.2) is 23.5 Å². The second kappa shape index (κ2) is 5.79. The lowest BCUT2D eigenvalue weighted by molar-refractivity contribution is -0.135. The van der Waals surface area contributed by atoms with Gasteiger partial charge in [-0.25, -0.2) is 0 Å². The summed E-state index contributed by atoms with van der Waals surface area (Å²) in [6, 6.07) is 8.38. The molecule has 0 bridgehead atoms. The van der Waals surface area contributed by atoms with Crippen LogP contribution in [0.4, 0.5) is 5.69 Å². The van der Waals surface area contributed by atoms with E-state index in [1.807, 2.05) is 6.92 Å². The van der Waals surface area contributed by atoms with Crippen LogP contribution >= 0.6 is 11.6 Å². The lowest BCUT2D eigenvalue weighted by Gasteiger charge is -2.20. The number of halogens is 1. The molecule has 0 aliphatic rings. The third-order valence-corrected chi connectivity index (χ3v) is 3.03. The number of nitrogens with zero attached hydrogens (tertiary/aromatic N) is 1. The number of carbonyl (C=O) groups is 2. The van der Waals surface area contributed by atoms with E-state index in [0.717, 1.165) is 10.5 Å². The molecule has 0 radical (unpaired) electrons. The van der Waals surface area contributed by atoms with E-state index < -0.39 is 18.4 Å². The summed E-state index contributed by atoms with van der Waals surface area (Å²) in [6.45, 7) is 1.45. The summed E-state index contributed by atoms with van der Waals surface area (Å²) in [6.07, 6.45) is 1.28. The summed E-state index contributed by atoms with van der Waals surface area (Å²) in [4.78, 5) is 24.5. The number of rotatable bonds is 4. The Morgan fingerprint density at radius 2 is 1.90 bits per heavy atom. The van der Waals surface area contributed by atoms with Crippen molar-refractivity contribution >= 4 is 29.2 Å². The van der Waals surface area contributed by atoms with Gasteiger partial charge in [0.2, 0.25) is 5.22 Å². The first-order valence-electron chi connectivity index (χ1n) is 5.82. The smallest absolute Gasteiger partial charge is 0.323 e. The van der Waals surface area contributed by atoms with Crippen molar-refractivity contribution in [1.82, 2.24) is 0 Å². The molecular weight excluding hydrogens is 282 g/mol. The summed E-state index contributed by atoms with van der Waals surface area (Å²) in [5.74, 6) is -1.63. The first-order chi connectivity index (χ1) is 9.49. The molecule has 0 atom stereocenters. The second-order valence-corrected chi connectivity index (χ2v) is 4.57. The van der Waals surface area contributed by atoms with Gasteiger partial charge in [-0.1, -0.05) is 17.7 Å². The molecule has 0 aliphatic carbocycles. The van der Waals surface area contributed by atoms with Crippen molar-refractivity contribution in [3.8, 4) is 0 Å². The molecule has 1 aromatic heterocycles. The second-order valence-electron chi connectivity index (χ2n) is 4.23. The number of anilines is 1. The highest BCUT2D eigenvalue weighted by Gasteiger charge is 2.23. The van der Waals surface area contributed by atoms with Crippen LogP contribution in [0.25, 0.3) is 0 Å². The van der Waals surface area contributed by atoms with Crippen molar-refractivity contribution < 1.29 is 19.1 Å². The van der Waals surface area contributed by atoms with E-state index in [4.69, 9.17) is 21.1 Å². The molecule has 5 nitrogen and oxygen atoms in total. The van der Waals surface area contributed by atoms with Gasteiger partial charge < -0.3 is 9.52 Å². The first-order valence-corrected chi connectivity index (χ1v) is 6.20. The summed E-state index contributed by atoms with van der Waals surface area (Å²) >= 11 is 5.77. The monoisotopic (exact) mass is 293 g/mol. The Bertz CT molecular complexity index is 633. The van der Waals surface area contributed by atoms with Gasteiger partial charge >= 0.3 is 5.97 Å². The van der Waals surface area contributed by atoms with E-state index in [0.29, 0.717) is 5.69 Å². The van der Waals surface area contributed by atoms with Gasteiger partial charge in [-0.3, -0.25) is 14.5 Å². The van der Waals surface area contributed by atoms with Gasteiger partial charge in [0.25, 0.3) is 5.91 Å². The number of carbonyl (C=O) groups excluding carboxylic acids is 1. The van der Waals surface area contributed by atoms with Crippen LogP contribution in [0, 0.1) is 6.92 Å². The Labute approximate surface area is 120 Å². The molecule has 0 unspecified atom stereocenters. The maximum atomic E-state index is 12.4. The van der Waals surface area contributed by atoms with E-state index in [9.17, 15) is 9.59 Å². The fourth-order valence-electron chi connectivity index (χ4n) is 1.73.